The number of hydrogen-bond acceptors (Lipinski definition) is 2. The van der Waals surface area contributed by atoms with Crippen molar-refractivity contribution in [2.45, 2.75) is 6.92 Å². The van der Waals surface area contributed by atoms with E-state index < -0.39 is 0 Å². The number of benzene rings is 2. The SMILES string of the molecule is C=Cc1cccc(OCC(C)COc2cccc(C=C)c2)c1. The van der Waals surface area contributed by atoms with E-state index in [0.29, 0.717) is 19.1 Å². The Hall–Kier alpha value is -2.48. The van der Waals surface area contributed by atoms with Crippen molar-refractivity contribution in [2.75, 3.05) is 13.2 Å². The minimum Gasteiger partial charge on any atom is -0.493 e. The van der Waals surface area contributed by atoms with Crippen LogP contribution in [-0.4, -0.2) is 13.2 Å². The summed E-state index contributed by atoms with van der Waals surface area (Å²) >= 11 is 0. The summed E-state index contributed by atoms with van der Waals surface area (Å²) < 4.78 is 11.6. The van der Waals surface area contributed by atoms with Crippen molar-refractivity contribution in [3.05, 3.63) is 72.8 Å². The molecule has 0 aliphatic heterocycles. The second-order valence-electron chi connectivity index (χ2n) is 5.28. The zero-order valence-corrected chi connectivity index (χ0v) is 13.0. The van der Waals surface area contributed by atoms with E-state index in [-0.39, 0.29) is 0 Å². The van der Waals surface area contributed by atoms with Crippen molar-refractivity contribution in [1.29, 1.82) is 0 Å². The van der Waals surface area contributed by atoms with E-state index in [2.05, 4.69) is 20.1 Å². The maximum absolute atomic E-state index is 5.80. The van der Waals surface area contributed by atoms with Gasteiger partial charge >= 0.3 is 0 Å². The van der Waals surface area contributed by atoms with Crippen LogP contribution in [0.15, 0.2) is 61.7 Å². The fraction of sp³-hybridized carbons (Fsp3) is 0.200. The van der Waals surface area contributed by atoms with Crippen molar-refractivity contribution in [1.82, 2.24) is 0 Å². The van der Waals surface area contributed by atoms with Gasteiger partial charge in [-0.3, -0.25) is 0 Å². The molecule has 0 N–H and O–H groups in total. The normalized spacial score (nSPS) is 10.3. The van der Waals surface area contributed by atoms with Crippen LogP contribution >= 0.6 is 0 Å². The van der Waals surface area contributed by atoms with E-state index in [0.717, 1.165) is 22.6 Å². The third-order valence-electron chi connectivity index (χ3n) is 3.26. The molecule has 2 nitrogen and oxygen atoms in total. The Morgan fingerprint density at radius 2 is 1.32 bits per heavy atom. The minimum atomic E-state index is 0.291. The molecule has 0 atom stereocenters. The van der Waals surface area contributed by atoms with Crippen molar-refractivity contribution in [2.24, 2.45) is 5.92 Å². The standard InChI is InChI=1S/C20H22O2/c1-4-17-8-6-10-19(12-17)21-14-16(3)15-22-20-11-7-9-18(5-2)13-20/h4-13,16H,1-2,14-15H2,3H3. The van der Waals surface area contributed by atoms with Crippen molar-refractivity contribution >= 4 is 12.2 Å². The third kappa shape index (κ3) is 4.81. The molecule has 0 bridgehead atoms. The average Bonchev–Trinajstić information content (AvgIpc) is 2.58. The fourth-order valence-corrected chi connectivity index (χ4v) is 1.99. The minimum absolute atomic E-state index is 0.291. The molecule has 2 aromatic carbocycles. The summed E-state index contributed by atoms with van der Waals surface area (Å²) in [5, 5.41) is 0. The summed E-state index contributed by atoms with van der Waals surface area (Å²) in [7, 11) is 0. The third-order valence-corrected chi connectivity index (χ3v) is 3.26. The Morgan fingerprint density at radius 3 is 1.73 bits per heavy atom. The monoisotopic (exact) mass is 294 g/mol. The van der Waals surface area contributed by atoms with Crippen LogP contribution in [0.25, 0.3) is 12.2 Å². The first-order valence-corrected chi connectivity index (χ1v) is 7.42. The fourth-order valence-electron chi connectivity index (χ4n) is 1.99. The molecule has 0 aliphatic rings. The van der Waals surface area contributed by atoms with Gasteiger partial charge in [0.2, 0.25) is 0 Å². The Bertz CT molecular complexity index is 576. The molecule has 0 heterocycles. The topological polar surface area (TPSA) is 18.5 Å². The van der Waals surface area contributed by atoms with Crippen molar-refractivity contribution in [3.8, 4) is 11.5 Å². The van der Waals surface area contributed by atoms with Gasteiger partial charge in [0.25, 0.3) is 0 Å². The molecule has 0 spiro atoms. The molecule has 2 heteroatoms. The summed E-state index contributed by atoms with van der Waals surface area (Å²) in [5.74, 6) is 2.01. The average molecular weight is 294 g/mol. The van der Waals surface area contributed by atoms with E-state index in [4.69, 9.17) is 9.47 Å². The van der Waals surface area contributed by atoms with Gasteiger partial charge in [0.15, 0.2) is 0 Å². The highest BCUT2D eigenvalue weighted by atomic mass is 16.5. The summed E-state index contributed by atoms with van der Waals surface area (Å²) in [5.41, 5.74) is 2.12. The van der Waals surface area contributed by atoms with Gasteiger partial charge in [0.05, 0.1) is 13.2 Å². The van der Waals surface area contributed by atoms with Crippen molar-refractivity contribution < 1.29 is 9.47 Å². The summed E-state index contributed by atoms with van der Waals surface area (Å²) in [6.07, 6.45) is 3.62. The van der Waals surface area contributed by atoms with Crippen LogP contribution in [0.5, 0.6) is 11.5 Å². The van der Waals surface area contributed by atoms with Gasteiger partial charge in [-0.2, -0.15) is 0 Å². The summed E-state index contributed by atoms with van der Waals surface area (Å²) in [4.78, 5) is 0. The predicted octanol–water partition coefficient (Wildman–Crippen LogP) is 5.07. The van der Waals surface area contributed by atoms with Gasteiger partial charge in [0.1, 0.15) is 11.5 Å². The van der Waals surface area contributed by atoms with Crippen LogP contribution in [0.2, 0.25) is 0 Å². The molecule has 2 aromatic rings. The summed E-state index contributed by atoms with van der Waals surface area (Å²) in [6.45, 7) is 10.9. The Morgan fingerprint density at radius 1 is 0.864 bits per heavy atom. The van der Waals surface area contributed by atoms with E-state index in [9.17, 15) is 0 Å². The van der Waals surface area contributed by atoms with Crippen molar-refractivity contribution in [3.63, 3.8) is 0 Å². The Labute approximate surface area is 132 Å². The smallest absolute Gasteiger partial charge is 0.119 e. The zero-order chi connectivity index (χ0) is 15.8. The van der Waals surface area contributed by atoms with E-state index >= 15 is 0 Å². The number of ether oxygens (including phenoxy) is 2. The Kier molecular flexibility index (Phi) is 5.84. The molecule has 0 aromatic heterocycles. The second kappa shape index (κ2) is 8.08. The van der Waals surface area contributed by atoms with Gasteiger partial charge in [-0.05, 0) is 35.4 Å². The van der Waals surface area contributed by atoms with E-state index in [1.165, 1.54) is 0 Å². The van der Waals surface area contributed by atoms with Crippen LogP contribution in [-0.2, 0) is 0 Å². The molecule has 0 saturated carbocycles. The quantitative estimate of drug-likeness (QED) is 0.677. The van der Waals surface area contributed by atoms with E-state index in [1.54, 1.807) is 0 Å². The maximum Gasteiger partial charge on any atom is 0.119 e. The Balaban J connectivity index is 1.81. The first-order chi connectivity index (χ1) is 10.7. The molecule has 0 fully saturated rings. The van der Waals surface area contributed by atoms with Gasteiger partial charge in [0, 0.05) is 5.92 Å². The molecule has 0 aliphatic carbocycles. The van der Waals surface area contributed by atoms with Crippen LogP contribution in [0.4, 0.5) is 0 Å². The molecule has 2 rings (SSSR count). The maximum atomic E-state index is 5.80. The van der Waals surface area contributed by atoms with Gasteiger partial charge < -0.3 is 9.47 Å². The number of rotatable bonds is 8. The van der Waals surface area contributed by atoms with Gasteiger partial charge in [-0.25, -0.2) is 0 Å². The molecule has 0 amide bonds. The van der Waals surface area contributed by atoms with Crippen LogP contribution in [0.1, 0.15) is 18.1 Å². The van der Waals surface area contributed by atoms with Crippen LogP contribution in [0, 0.1) is 5.92 Å². The lowest BCUT2D eigenvalue weighted by molar-refractivity contribution is 0.188. The lowest BCUT2D eigenvalue weighted by Crippen LogP contribution is -2.16. The second-order valence-corrected chi connectivity index (χ2v) is 5.28. The van der Waals surface area contributed by atoms with Crippen LogP contribution in [0.3, 0.4) is 0 Å². The largest absolute Gasteiger partial charge is 0.493 e. The number of hydrogen-bond donors (Lipinski definition) is 0. The lowest BCUT2D eigenvalue weighted by atomic mass is 10.2. The van der Waals surface area contributed by atoms with E-state index in [1.807, 2.05) is 60.7 Å². The molecule has 114 valence electrons. The predicted molar refractivity (Wildman–Crippen MR) is 93.2 cm³/mol. The molecule has 0 radical (unpaired) electrons. The lowest BCUT2D eigenvalue weighted by Gasteiger charge is -2.15. The highest BCUT2D eigenvalue weighted by Crippen LogP contribution is 2.17. The molecule has 0 unspecified atom stereocenters. The molecule has 22 heavy (non-hydrogen) atoms. The van der Waals surface area contributed by atoms with Gasteiger partial charge in [-0.1, -0.05) is 56.5 Å². The van der Waals surface area contributed by atoms with Gasteiger partial charge in [-0.15, -0.1) is 0 Å². The highest BCUT2D eigenvalue weighted by molar-refractivity contribution is 5.50. The first kappa shape index (κ1) is 15.9. The summed E-state index contributed by atoms with van der Waals surface area (Å²) in [6, 6.07) is 15.8. The highest BCUT2D eigenvalue weighted by Gasteiger charge is 2.05. The molecular weight excluding hydrogens is 272 g/mol. The molecular formula is C20H22O2. The molecule has 0 saturated heterocycles. The zero-order valence-electron chi connectivity index (χ0n) is 13.0. The first-order valence-electron chi connectivity index (χ1n) is 7.42. The van der Waals surface area contributed by atoms with Crippen LogP contribution < -0.4 is 9.47 Å².